The summed E-state index contributed by atoms with van der Waals surface area (Å²) in [5.41, 5.74) is 6.09. The van der Waals surface area contributed by atoms with E-state index in [1.807, 2.05) is 0 Å². The average molecular weight is 531 g/mol. The van der Waals surface area contributed by atoms with Crippen LogP contribution in [0.5, 0.6) is 11.5 Å². The number of carbonyl (C=O) groups is 1. The van der Waals surface area contributed by atoms with Gasteiger partial charge in [-0.05, 0) is 26.0 Å². The predicted molar refractivity (Wildman–Crippen MR) is 121 cm³/mol. The third kappa shape index (κ3) is 7.11. The van der Waals surface area contributed by atoms with Gasteiger partial charge < -0.3 is 24.8 Å². The van der Waals surface area contributed by atoms with Crippen molar-refractivity contribution in [3.8, 4) is 11.5 Å². The lowest BCUT2D eigenvalue weighted by Gasteiger charge is -2.15. The summed E-state index contributed by atoms with van der Waals surface area (Å²) in [6, 6.07) is 2.40. The van der Waals surface area contributed by atoms with E-state index in [1.165, 1.54) is 18.4 Å². The van der Waals surface area contributed by atoms with E-state index in [-0.39, 0.29) is 30.6 Å². The van der Waals surface area contributed by atoms with E-state index >= 15 is 0 Å². The van der Waals surface area contributed by atoms with Crippen LogP contribution in [0.25, 0.3) is 5.88 Å². The average Bonchev–Trinajstić information content (AvgIpc) is 3.28. The van der Waals surface area contributed by atoms with Gasteiger partial charge in [-0.2, -0.15) is 10.4 Å². The fraction of sp³-hybridized carbons (Fsp3) is 0.316. The molecule has 3 rings (SSSR count). The third-order valence-corrected chi connectivity index (χ3v) is 5.66. The van der Waals surface area contributed by atoms with E-state index in [2.05, 4.69) is 15.3 Å². The number of nitrogens with zero attached hydrogens (tertiary/aromatic N) is 3. The second kappa shape index (κ2) is 11.9. The number of nitrogen functional groups attached to an aromatic ring is 1. The molecule has 1 aromatic carbocycles. The van der Waals surface area contributed by atoms with Crippen LogP contribution < -0.4 is 31.0 Å². The van der Waals surface area contributed by atoms with Crippen molar-refractivity contribution < 1.29 is 37.2 Å². The van der Waals surface area contributed by atoms with Gasteiger partial charge >= 0.3 is 19.8 Å². The van der Waals surface area contributed by atoms with Crippen LogP contribution in [0, 0.1) is 11.6 Å². The first-order valence-corrected chi connectivity index (χ1v) is 12.0. The largest absolute Gasteiger partial charge is 0.574 e. The molecule has 3 N–H and O–H groups in total. The van der Waals surface area contributed by atoms with Crippen LogP contribution in [0.15, 0.2) is 39.5 Å². The quantitative estimate of drug-likeness (QED) is 0.261. The molecule has 2 heterocycles. The highest BCUT2D eigenvalue weighted by Gasteiger charge is 2.24. The second-order valence-electron chi connectivity index (χ2n) is 6.70. The van der Waals surface area contributed by atoms with Crippen molar-refractivity contribution in [3.05, 3.63) is 51.9 Å². The molecule has 188 valence electrons. The summed E-state index contributed by atoms with van der Waals surface area (Å²) < 4.78 is 49.4. The summed E-state index contributed by atoms with van der Waals surface area (Å²) in [6.07, 6.45) is 0.843. The Morgan fingerprint density at radius 1 is 1.46 bits per heavy atom. The van der Waals surface area contributed by atoms with Crippen LogP contribution in [-0.2, 0) is 14.3 Å². The Bertz CT molecular complexity index is 1210. The number of nitrogens with one attached hydrogen (secondary N) is 1. The highest BCUT2D eigenvalue weighted by Crippen LogP contribution is 2.35. The van der Waals surface area contributed by atoms with Gasteiger partial charge in [0.25, 0.3) is 0 Å². The Balaban J connectivity index is 1.61. The van der Waals surface area contributed by atoms with Crippen molar-refractivity contribution in [2.45, 2.75) is 25.3 Å². The summed E-state index contributed by atoms with van der Waals surface area (Å²) in [6.45, 7) is 3.12. The fourth-order valence-electron chi connectivity index (χ4n) is 2.50. The number of anilines is 1. The Kier molecular flexibility index (Phi) is 8.98. The topological polar surface area (TPSA) is 162 Å². The Morgan fingerprint density at radius 2 is 2.23 bits per heavy atom. The minimum absolute atomic E-state index is 0.000566. The van der Waals surface area contributed by atoms with E-state index in [4.69, 9.17) is 24.5 Å². The number of halogens is 2. The van der Waals surface area contributed by atoms with Gasteiger partial charge in [0.05, 0.1) is 12.8 Å². The van der Waals surface area contributed by atoms with Gasteiger partial charge in [0, 0.05) is 16.3 Å². The maximum absolute atomic E-state index is 13.8. The number of carbonyl (C=O) groups excluding carboxylic acids is 1. The summed E-state index contributed by atoms with van der Waals surface area (Å²) in [5.74, 6) is -2.86. The molecule has 0 radical (unpaired) electrons. The van der Waals surface area contributed by atoms with E-state index in [0.29, 0.717) is 0 Å². The number of esters is 1. The van der Waals surface area contributed by atoms with Crippen molar-refractivity contribution in [1.82, 2.24) is 15.0 Å². The minimum Gasteiger partial charge on any atom is -0.574 e. The number of nitrogens with two attached hydrogens (primary N) is 1. The lowest BCUT2D eigenvalue weighted by Crippen LogP contribution is -2.31. The molecule has 0 bridgehead atoms. The third-order valence-electron chi connectivity index (χ3n) is 4.15. The molecule has 0 saturated carbocycles. The summed E-state index contributed by atoms with van der Waals surface area (Å²) in [4.78, 5) is 42.6. The lowest BCUT2D eigenvalue weighted by atomic mass is 10.3. The predicted octanol–water partition coefficient (Wildman–Crippen LogP) is 1.72. The van der Waals surface area contributed by atoms with Gasteiger partial charge in [0.15, 0.2) is 22.8 Å². The molecular weight excluding hydrogens is 511 g/mol. The zero-order valence-electron chi connectivity index (χ0n) is 18.3. The summed E-state index contributed by atoms with van der Waals surface area (Å²) >= 11 is 1.11. The normalized spacial score (nSPS) is 16.3. The molecule has 1 unspecified atom stereocenters. The van der Waals surface area contributed by atoms with Gasteiger partial charge in [-0.25, -0.2) is 18.1 Å². The van der Waals surface area contributed by atoms with Gasteiger partial charge in [0.1, 0.15) is 18.5 Å². The summed E-state index contributed by atoms with van der Waals surface area (Å²) in [7, 11) is -2.70. The molecule has 3 atom stereocenters. The molecule has 1 aliphatic rings. The standard InChI is InChI=1S/C19H20F2N5O7PS/c1-3-30-18(27)10(2)24-25-34(29)33-13-5-4-11(20)6-14(13)31-8-16-32-15(9-35-16)26-7-12(21)17(22)23-19(26)28/h4-7,9-10,16,24H,3,8H2,1-2H3,(H2,22,23,28)/t10-,16-/m0/s1. The highest BCUT2D eigenvalue weighted by atomic mass is 32.2. The number of thioether (sulfide) groups is 1. The molecule has 35 heavy (non-hydrogen) atoms. The molecule has 12 nitrogen and oxygen atoms in total. The van der Waals surface area contributed by atoms with Crippen LogP contribution in [0.4, 0.5) is 14.6 Å². The number of benzene rings is 1. The second-order valence-corrected chi connectivity index (χ2v) is 8.59. The smallest absolute Gasteiger partial charge is 0.412 e. The first kappa shape index (κ1) is 26.3. The number of aromatic nitrogens is 2. The molecule has 16 heteroatoms. The molecule has 0 aliphatic carbocycles. The monoisotopic (exact) mass is 531 g/mol. The van der Waals surface area contributed by atoms with Crippen LogP contribution in [0.1, 0.15) is 13.8 Å². The lowest BCUT2D eigenvalue weighted by molar-refractivity contribution is -0.169. The summed E-state index contributed by atoms with van der Waals surface area (Å²) in [5, 5.41) is 1.45. The molecule has 1 aromatic heterocycles. The molecule has 0 spiro atoms. The Morgan fingerprint density at radius 3 is 2.97 bits per heavy atom. The number of hydrogen-bond acceptors (Lipinski definition) is 11. The molecule has 2 aromatic rings. The number of rotatable bonds is 10. The van der Waals surface area contributed by atoms with E-state index in [9.17, 15) is 23.3 Å². The number of ether oxygens (including phenoxy) is 3. The first-order chi connectivity index (χ1) is 16.7. The molecule has 0 fully saturated rings. The molecular formula is C19H20F2N5O7PS. The van der Waals surface area contributed by atoms with E-state index < -0.39 is 48.8 Å². The maximum atomic E-state index is 13.8. The van der Waals surface area contributed by atoms with Gasteiger partial charge in [0.2, 0.25) is 11.6 Å². The van der Waals surface area contributed by atoms with Crippen molar-refractivity contribution >= 4 is 37.6 Å². The van der Waals surface area contributed by atoms with Crippen LogP contribution >= 0.6 is 19.9 Å². The van der Waals surface area contributed by atoms with Crippen molar-refractivity contribution in [3.63, 3.8) is 0 Å². The zero-order chi connectivity index (χ0) is 25.5. The van der Waals surface area contributed by atoms with E-state index in [0.717, 1.165) is 34.7 Å². The van der Waals surface area contributed by atoms with Crippen molar-refractivity contribution in [2.75, 3.05) is 18.9 Å². The number of hydrogen-bond donors (Lipinski definition) is 2. The Hall–Kier alpha value is -3.26. The SMILES string of the molecule is CCOC(=O)[C@H](C)N/N=[P+](\[O-])Oc1ccc(F)cc1OC[C@H]1OC(n2cc(F)c(N)nc2=O)=CS1. The maximum Gasteiger partial charge on any atom is 0.412 e. The molecule has 0 amide bonds. The van der Waals surface area contributed by atoms with Crippen LogP contribution in [0.2, 0.25) is 0 Å². The Labute approximate surface area is 202 Å². The fourth-order valence-corrected chi connectivity index (χ4v) is 3.87. The molecule has 0 saturated heterocycles. The van der Waals surface area contributed by atoms with Crippen molar-refractivity contribution in [2.24, 2.45) is 4.85 Å². The molecule has 1 aliphatic heterocycles. The van der Waals surface area contributed by atoms with Crippen LogP contribution in [-0.4, -0.2) is 40.2 Å². The minimum atomic E-state index is -2.70. The highest BCUT2D eigenvalue weighted by molar-refractivity contribution is 8.03. The zero-order valence-corrected chi connectivity index (χ0v) is 20.1. The van der Waals surface area contributed by atoms with E-state index in [1.54, 1.807) is 6.92 Å². The van der Waals surface area contributed by atoms with Gasteiger partial charge in [-0.1, -0.05) is 11.8 Å². The van der Waals surface area contributed by atoms with Gasteiger partial charge in [-0.15, -0.1) is 0 Å². The van der Waals surface area contributed by atoms with Crippen molar-refractivity contribution in [1.29, 1.82) is 0 Å². The van der Waals surface area contributed by atoms with Gasteiger partial charge in [-0.3, -0.25) is 9.32 Å². The first-order valence-electron chi connectivity index (χ1n) is 9.95. The van der Waals surface area contributed by atoms with Crippen LogP contribution in [0.3, 0.4) is 0 Å².